The van der Waals surface area contributed by atoms with E-state index in [2.05, 4.69) is 6.58 Å². The molecule has 0 atom stereocenters. The van der Waals surface area contributed by atoms with E-state index in [0.717, 1.165) is 0 Å². The van der Waals surface area contributed by atoms with Crippen molar-refractivity contribution >= 4 is 48.9 Å². The summed E-state index contributed by atoms with van der Waals surface area (Å²) < 4.78 is 0. The second-order valence-electron chi connectivity index (χ2n) is 0.621. The molecule has 28 valence electrons. The predicted molar refractivity (Wildman–Crippen MR) is 29.1 cm³/mol. The summed E-state index contributed by atoms with van der Waals surface area (Å²) in [6.45, 7) is 8.27. The van der Waals surface area contributed by atoms with E-state index in [1.54, 1.807) is 12.5 Å². The smallest absolute Gasteiger partial charge is 0.548 e. The quantitative estimate of drug-likeness (QED) is 0.464. The van der Waals surface area contributed by atoms with Crippen LogP contribution in [0.4, 0.5) is 0 Å². The van der Waals surface area contributed by atoms with Crippen molar-refractivity contribution in [3.63, 3.8) is 0 Å². The summed E-state index contributed by atoms with van der Waals surface area (Å²) >= 11 is 0. The monoisotopic (exact) mass is 204 g/mol. The van der Waals surface area contributed by atoms with Crippen LogP contribution >= 0.6 is 0 Å². The second kappa shape index (κ2) is 9.33. The van der Waals surface area contributed by atoms with Crippen LogP contribution < -0.4 is 0 Å². The van der Waals surface area contributed by atoms with Gasteiger partial charge in [-0.3, -0.25) is 0 Å². The van der Waals surface area contributed by atoms with Crippen LogP contribution in [-0.2, 0) is 0 Å². The molecule has 0 nitrogen and oxygen atoms in total. The van der Waals surface area contributed by atoms with Crippen LogP contribution in [0, 0.1) is 13.0 Å². The molecule has 0 spiro atoms. The maximum Gasteiger partial charge on any atom is 2.00 e. The van der Waals surface area contributed by atoms with Gasteiger partial charge in [0, 0.05) is 0 Å². The molecule has 0 aliphatic rings. The Hall–Kier alpha value is 0.921. The minimum Gasteiger partial charge on any atom is -0.548 e. The van der Waals surface area contributed by atoms with Gasteiger partial charge in [-0.05, 0) is 0 Å². The van der Waals surface area contributed by atoms with Gasteiger partial charge in [0.2, 0.25) is 0 Å². The van der Waals surface area contributed by atoms with Gasteiger partial charge in [0.1, 0.15) is 0 Å². The average molecular weight is 203 g/mol. The van der Waals surface area contributed by atoms with Gasteiger partial charge in [-0.2, -0.15) is 0 Å². The zero-order valence-electron chi connectivity index (χ0n) is 3.72. The topological polar surface area (TPSA) is 0 Å². The van der Waals surface area contributed by atoms with Crippen molar-refractivity contribution in [3.8, 4) is 0 Å². The third-order valence-electron chi connectivity index (χ3n) is 0.247. The van der Waals surface area contributed by atoms with E-state index in [0.29, 0.717) is 0 Å². The van der Waals surface area contributed by atoms with Gasteiger partial charge in [0.15, 0.2) is 0 Å². The standard InChI is InChI=1S/C5H6.Ba/c1-3-5-4-2;/h1,3-5H,2H2;/q-2;+2. The molecule has 0 radical (unpaired) electrons. The van der Waals surface area contributed by atoms with Crippen molar-refractivity contribution < 1.29 is 0 Å². The molecular formula is C5H6Ba. The average Bonchev–Trinajstić information content (AvgIpc) is 1.41. The van der Waals surface area contributed by atoms with Crippen LogP contribution in [0.2, 0.25) is 0 Å². The molecule has 0 amide bonds. The zero-order valence-corrected chi connectivity index (χ0v) is 8.16. The molecule has 0 N–H and O–H groups in total. The summed E-state index contributed by atoms with van der Waals surface area (Å²) in [6, 6.07) is 0. The summed E-state index contributed by atoms with van der Waals surface area (Å²) in [7, 11) is 0. The van der Waals surface area contributed by atoms with E-state index in [4.69, 9.17) is 6.58 Å². The summed E-state index contributed by atoms with van der Waals surface area (Å²) in [5, 5.41) is 0. The normalized spacial score (nSPS) is 4.67. The molecule has 0 aliphatic heterocycles. The fourth-order valence-electron chi connectivity index (χ4n) is 0.0786. The Kier molecular flexibility index (Phi) is 15.6. The summed E-state index contributed by atoms with van der Waals surface area (Å²) in [6.07, 6.45) is 4.73. The van der Waals surface area contributed by atoms with E-state index < -0.39 is 0 Å². The summed E-state index contributed by atoms with van der Waals surface area (Å²) in [5.41, 5.74) is 0. The number of hydrogen-bond acceptors (Lipinski definition) is 0. The molecule has 0 aromatic rings. The SMILES string of the molecule is [Ba+2].[CH-]=C[CH-]C=C. The van der Waals surface area contributed by atoms with E-state index in [1.165, 1.54) is 6.08 Å². The van der Waals surface area contributed by atoms with Crippen molar-refractivity contribution in [2.24, 2.45) is 0 Å². The van der Waals surface area contributed by atoms with Gasteiger partial charge in [-0.25, -0.2) is 6.08 Å². The molecule has 0 rings (SSSR count). The molecule has 0 saturated heterocycles. The predicted octanol–water partition coefficient (Wildman–Crippen LogP) is 0.985. The van der Waals surface area contributed by atoms with Gasteiger partial charge in [-0.1, -0.05) is 0 Å². The van der Waals surface area contributed by atoms with Crippen LogP contribution in [-0.4, -0.2) is 48.9 Å². The first kappa shape index (κ1) is 10.0. The Morgan fingerprint density at radius 1 is 1.67 bits per heavy atom. The van der Waals surface area contributed by atoms with Crippen molar-refractivity contribution in [2.75, 3.05) is 0 Å². The van der Waals surface area contributed by atoms with Crippen LogP contribution in [0.15, 0.2) is 18.7 Å². The molecule has 0 bridgehead atoms. The Bertz CT molecular complexity index is 33.2. The minimum atomic E-state index is 0. The summed E-state index contributed by atoms with van der Waals surface area (Å²) in [4.78, 5) is 0. The Morgan fingerprint density at radius 2 is 2.17 bits per heavy atom. The molecule has 0 unspecified atom stereocenters. The largest absolute Gasteiger partial charge is 2.00 e. The van der Waals surface area contributed by atoms with E-state index >= 15 is 0 Å². The zero-order chi connectivity index (χ0) is 4.12. The molecule has 1 heteroatoms. The van der Waals surface area contributed by atoms with Gasteiger partial charge in [0.25, 0.3) is 0 Å². The molecule has 0 saturated carbocycles. The second-order valence-corrected chi connectivity index (χ2v) is 0.621. The van der Waals surface area contributed by atoms with Crippen molar-refractivity contribution in [1.82, 2.24) is 0 Å². The fourth-order valence-corrected chi connectivity index (χ4v) is 0.0786. The van der Waals surface area contributed by atoms with Crippen molar-refractivity contribution in [2.45, 2.75) is 0 Å². The fraction of sp³-hybridized carbons (Fsp3) is 0. The van der Waals surface area contributed by atoms with Gasteiger partial charge in [0.05, 0.1) is 0 Å². The van der Waals surface area contributed by atoms with E-state index in [1.807, 2.05) is 0 Å². The molecule has 0 aliphatic carbocycles. The number of hydrogen-bond donors (Lipinski definition) is 0. The maximum atomic E-state index is 4.89. The van der Waals surface area contributed by atoms with Gasteiger partial charge in [-0.15, -0.1) is 6.58 Å². The Labute approximate surface area is 79.4 Å². The van der Waals surface area contributed by atoms with Crippen molar-refractivity contribution in [1.29, 1.82) is 0 Å². The molecule has 6 heavy (non-hydrogen) atoms. The first-order valence-corrected chi connectivity index (χ1v) is 1.41. The molecule has 0 aromatic carbocycles. The molecule has 0 heterocycles. The van der Waals surface area contributed by atoms with Crippen molar-refractivity contribution in [3.05, 3.63) is 31.7 Å². The van der Waals surface area contributed by atoms with Crippen LogP contribution in [0.25, 0.3) is 0 Å². The minimum absolute atomic E-state index is 0. The molecule has 0 fully saturated rings. The van der Waals surface area contributed by atoms with Gasteiger partial charge < -0.3 is 19.1 Å². The Morgan fingerprint density at radius 3 is 2.17 bits per heavy atom. The summed E-state index contributed by atoms with van der Waals surface area (Å²) in [5.74, 6) is 0. The van der Waals surface area contributed by atoms with Crippen LogP contribution in [0.1, 0.15) is 0 Å². The van der Waals surface area contributed by atoms with E-state index in [-0.39, 0.29) is 48.9 Å². The maximum absolute atomic E-state index is 4.89. The Balaban J connectivity index is 0. The first-order valence-electron chi connectivity index (χ1n) is 1.41. The number of rotatable bonds is 2. The first-order chi connectivity index (χ1) is 2.41. The van der Waals surface area contributed by atoms with E-state index in [9.17, 15) is 0 Å². The third kappa shape index (κ3) is 8.87. The molecule has 0 aromatic heterocycles. The van der Waals surface area contributed by atoms with Crippen LogP contribution in [0.3, 0.4) is 0 Å². The molecular weight excluding hydrogens is 197 g/mol. The third-order valence-corrected chi connectivity index (χ3v) is 0.247. The number of allylic oxidation sites excluding steroid dienone is 2. The van der Waals surface area contributed by atoms with Crippen LogP contribution in [0.5, 0.6) is 0 Å². The van der Waals surface area contributed by atoms with Gasteiger partial charge >= 0.3 is 48.9 Å².